The topological polar surface area (TPSA) is 51.0 Å². The Morgan fingerprint density at radius 1 is 1.10 bits per heavy atom. The predicted molar refractivity (Wildman–Crippen MR) is 119 cm³/mol. The second-order valence-corrected chi connectivity index (χ2v) is 8.29. The highest BCUT2D eigenvalue weighted by Crippen LogP contribution is 2.34. The van der Waals surface area contributed by atoms with Gasteiger partial charge in [-0.15, -0.1) is 0 Å². The molecule has 0 radical (unpaired) electrons. The van der Waals surface area contributed by atoms with Crippen LogP contribution in [-0.4, -0.2) is 20.7 Å². The summed E-state index contributed by atoms with van der Waals surface area (Å²) >= 11 is 1.55. The highest BCUT2D eigenvalue weighted by Gasteiger charge is 2.24. The molecule has 0 atom stereocenters. The maximum atomic E-state index is 13.4. The Morgan fingerprint density at radius 3 is 2.59 bits per heavy atom. The lowest BCUT2D eigenvalue weighted by Gasteiger charge is -2.19. The molecule has 0 N–H and O–H groups in total. The molecule has 0 bridgehead atoms. The molecule has 0 aliphatic rings. The van der Waals surface area contributed by atoms with Crippen LogP contribution in [0.4, 0.5) is 5.13 Å². The maximum absolute atomic E-state index is 13.4. The van der Waals surface area contributed by atoms with Crippen LogP contribution in [0.5, 0.6) is 0 Å². The van der Waals surface area contributed by atoms with Gasteiger partial charge in [0, 0.05) is 12.7 Å². The van der Waals surface area contributed by atoms with E-state index in [-0.39, 0.29) is 5.91 Å². The Labute approximate surface area is 174 Å². The van der Waals surface area contributed by atoms with Crippen molar-refractivity contribution in [2.24, 2.45) is 0 Å². The number of hydrogen-bond donors (Lipinski definition) is 0. The van der Waals surface area contributed by atoms with Crippen molar-refractivity contribution in [1.82, 2.24) is 14.8 Å². The molecule has 1 amide bonds. The molecule has 0 saturated carbocycles. The van der Waals surface area contributed by atoms with Crippen LogP contribution in [0, 0.1) is 0 Å². The highest BCUT2D eigenvalue weighted by atomic mass is 32.1. The number of aromatic nitrogens is 3. The fourth-order valence-corrected chi connectivity index (χ4v) is 4.32. The first-order valence-electron chi connectivity index (χ1n) is 9.85. The Morgan fingerprint density at radius 2 is 1.90 bits per heavy atom. The zero-order chi connectivity index (χ0) is 20.4. The van der Waals surface area contributed by atoms with Crippen LogP contribution in [0.15, 0.2) is 60.8 Å². The van der Waals surface area contributed by atoms with Crippen molar-refractivity contribution in [3.8, 4) is 0 Å². The lowest BCUT2D eigenvalue weighted by Crippen LogP contribution is -2.30. The molecule has 2 heterocycles. The fraction of sp³-hybridized carbons (Fsp3) is 0.261. The molecular formula is C23H24N4OS. The first-order valence-corrected chi connectivity index (χ1v) is 10.7. The number of rotatable bonds is 6. The third kappa shape index (κ3) is 3.93. The number of anilines is 1. The molecule has 148 valence electrons. The largest absolute Gasteiger partial charge is 0.280 e. The van der Waals surface area contributed by atoms with E-state index in [2.05, 4.69) is 37.1 Å². The summed E-state index contributed by atoms with van der Waals surface area (Å²) < 4.78 is 2.86. The number of aryl methyl sites for hydroxylation is 1. The van der Waals surface area contributed by atoms with Crippen LogP contribution in [-0.2, 0) is 13.1 Å². The third-order valence-corrected chi connectivity index (χ3v) is 5.95. The van der Waals surface area contributed by atoms with E-state index in [4.69, 9.17) is 4.98 Å². The number of fused-ring (bicyclic) bond motifs is 1. The molecule has 6 heteroatoms. The first kappa shape index (κ1) is 19.3. The molecule has 2 aromatic heterocycles. The van der Waals surface area contributed by atoms with Crippen molar-refractivity contribution in [3.63, 3.8) is 0 Å². The number of carbonyl (C=O) groups excluding carboxylic acids is 1. The van der Waals surface area contributed by atoms with E-state index >= 15 is 0 Å². The summed E-state index contributed by atoms with van der Waals surface area (Å²) in [5.74, 6) is 0.235. The van der Waals surface area contributed by atoms with E-state index in [1.807, 2.05) is 43.5 Å². The minimum atomic E-state index is -0.133. The molecule has 0 spiro atoms. The van der Waals surface area contributed by atoms with E-state index in [1.54, 1.807) is 27.0 Å². The van der Waals surface area contributed by atoms with Crippen molar-refractivity contribution < 1.29 is 4.79 Å². The Bertz CT molecular complexity index is 1130. The molecule has 4 rings (SSSR count). The van der Waals surface area contributed by atoms with Crippen LogP contribution in [0.25, 0.3) is 10.2 Å². The van der Waals surface area contributed by atoms with E-state index in [0.717, 1.165) is 22.3 Å². The van der Waals surface area contributed by atoms with Crippen molar-refractivity contribution in [2.45, 2.75) is 39.8 Å². The van der Waals surface area contributed by atoms with Crippen molar-refractivity contribution in [3.05, 3.63) is 77.6 Å². The fourth-order valence-electron chi connectivity index (χ4n) is 3.32. The van der Waals surface area contributed by atoms with Gasteiger partial charge >= 0.3 is 0 Å². The van der Waals surface area contributed by atoms with Crippen LogP contribution in [0.2, 0.25) is 0 Å². The quantitative estimate of drug-likeness (QED) is 0.427. The lowest BCUT2D eigenvalue weighted by atomic mass is 10.0. The highest BCUT2D eigenvalue weighted by molar-refractivity contribution is 7.22. The average Bonchev–Trinajstić information content (AvgIpc) is 3.38. The van der Waals surface area contributed by atoms with Gasteiger partial charge in [-0.05, 0) is 36.1 Å². The summed E-state index contributed by atoms with van der Waals surface area (Å²) in [6.45, 7) is 7.51. The van der Waals surface area contributed by atoms with Crippen LogP contribution < -0.4 is 4.90 Å². The number of nitrogens with zero attached hydrogens (tertiary/aromatic N) is 4. The zero-order valence-electron chi connectivity index (χ0n) is 16.9. The van der Waals surface area contributed by atoms with Gasteiger partial charge in [0.1, 0.15) is 0 Å². The molecule has 0 aliphatic carbocycles. The van der Waals surface area contributed by atoms with E-state index in [1.165, 1.54) is 5.56 Å². The van der Waals surface area contributed by atoms with Gasteiger partial charge in [0.25, 0.3) is 5.91 Å². The zero-order valence-corrected chi connectivity index (χ0v) is 17.7. The molecule has 0 aliphatic heterocycles. The Hall–Kier alpha value is -2.99. The maximum Gasteiger partial charge on any atom is 0.280 e. The van der Waals surface area contributed by atoms with Crippen molar-refractivity contribution in [1.29, 1.82) is 0 Å². The van der Waals surface area contributed by atoms with Gasteiger partial charge in [-0.25, -0.2) is 4.98 Å². The molecule has 5 nitrogen and oxygen atoms in total. The van der Waals surface area contributed by atoms with Crippen LogP contribution in [0.3, 0.4) is 0 Å². The standard InChI is InChI=1S/C23H24N4OS/c1-4-26-14-13-19(25-26)22(28)27(15-17-9-6-5-7-10-17)23-24-21-18(16(2)3)11-8-12-20(21)29-23/h5-14,16H,4,15H2,1-3H3. The van der Waals surface area contributed by atoms with Gasteiger partial charge in [-0.3, -0.25) is 14.4 Å². The molecular weight excluding hydrogens is 380 g/mol. The van der Waals surface area contributed by atoms with Gasteiger partial charge in [-0.1, -0.05) is 67.6 Å². The van der Waals surface area contributed by atoms with E-state index in [9.17, 15) is 4.79 Å². The number of carbonyl (C=O) groups is 1. The molecule has 2 aromatic carbocycles. The molecule has 0 saturated heterocycles. The van der Waals surface area contributed by atoms with Gasteiger partial charge in [0.15, 0.2) is 10.8 Å². The summed E-state index contributed by atoms with van der Waals surface area (Å²) in [5, 5.41) is 5.12. The van der Waals surface area contributed by atoms with Crippen LogP contribution >= 0.6 is 11.3 Å². The number of para-hydroxylation sites is 1. The van der Waals surface area contributed by atoms with Gasteiger partial charge in [0.2, 0.25) is 0 Å². The summed E-state index contributed by atoms with van der Waals surface area (Å²) in [5.41, 5.74) is 3.67. The lowest BCUT2D eigenvalue weighted by molar-refractivity contribution is 0.0979. The SMILES string of the molecule is CCn1ccc(C(=O)N(Cc2ccccc2)c2nc3c(C(C)C)cccc3s2)n1. The minimum Gasteiger partial charge on any atom is -0.278 e. The number of benzene rings is 2. The molecule has 29 heavy (non-hydrogen) atoms. The minimum absolute atomic E-state index is 0.133. The Kier molecular flexibility index (Phi) is 5.45. The van der Waals surface area contributed by atoms with E-state index < -0.39 is 0 Å². The number of amides is 1. The number of thiazole rings is 1. The number of hydrogen-bond acceptors (Lipinski definition) is 4. The van der Waals surface area contributed by atoms with Crippen molar-refractivity contribution in [2.75, 3.05) is 4.90 Å². The van der Waals surface area contributed by atoms with Gasteiger partial charge in [0.05, 0.1) is 16.8 Å². The second kappa shape index (κ2) is 8.17. The molecule has 0 fully saturated rings. The summed E-state index contributed by atoms with van der Waals surface area (Å²) in [7, 11) is 0. The van der Waals surface area contributed by atoms with Gasteiger partial charge in [-0.2, -0.15) is 5.10 Å². The second-order valence-electron chi connectivity index (χ2n) is 7.28. The molecule has 0 unspecified atom stereocenters. The summed E-state index contributed by atoms with van der Waals surface area (Å²) in [6.07, 6.45) is 1.84. The summed E-state index contributed by atoms with van der Waals surface area (Å²) in [4.78, 5) is 20.0. The normalized spacial score (nSPS) is 11.3. The third-order valence-electron chi connectivity index (χ3n) is 4.90. The summed E-state index contributed by atoms with van der Waals surface area (Å²) in [6, 6.07) is 18.0. The van der Waals surface area contributed by atoms with E-state index in [0.29, 0.717) is 23.3 Å². The molecule has 4 aromatic rings. The average molecular weight is 405 g/mol. The smallest absolute Gasteiger partial charge is 0.278 e. The predicted octanol–water partition coefficient (Wildman–Crippen LogP) is 5.48. The van der Waals surface area contributed by atoms with Crippen LogP contribution in [0.1, 0.15) is 48.3 Å². The Balaban J connectivity index is 1.78. The monoisotopic (exact) mass is 404 g/mol. The van der Waals surface area contributed by atoms with Gasteiger partial charge < -0.3 is 0 Å². The first-order chi connectivity index (χ1) is 14.1. The van der Waals surface area contributed by atoms with Crippen molar-refractivity contribution >= 4 is 32.6 Å².